The number of rotatable bonds is 8. The molecule has 1 aromatic heterocycles. The van der Waals surface area contributed by atoms with Gasteiger partial charge in [0, 0.05) is 23.4 Å². The SMILES string of the molecule is COc1ccc(OCCCC(=O)OCc2cc(=O)oc3c(C)c(C)ccc23)cc1. The van der Waals surface area contributed by atoms with E-state index in [4.69, 9.17) is 18.6 Å². The van der Waals surface area contributed by atoms with Gasteiger partial charge in [-0.2, -0.15) is 0 Å². The molecule has 6 nitrogen and oxygen atoms in total. The molecular weight excluding hydrogens is 372 g/mol. The van der Waals surface area contributed by atoms with Crippen molar-refractivity contribution in [1.29, 1.82) is 0 Å². The molecule has 6 heteroatoms. The Bertz CT molecular complexity index is 1050. The molecule has 0 N–H and O–H groups in total. The molecule has 0 spiro atoms. The number of hydrogen-bond donors (Lipinski definition) is 0. The van der Waals surface area contributed by atoms with Crippen LogP contribution in [0.1, 0.15) is 29.5 Å². The lowest BCUT2D eigenvalue weighted by Gasteiger charge is -2.10. The molecular formula is C23H24O6. The van der Waals surface area contributed by atoms with Crippen LogP contribution in [0.15, 0.2) is 51.7 Å². The van der Waals surface area contributed by atoms with Crippen LogP contribution in [0.5, 0.6) is 11.5 Å². The highest BCUT2D eigenvalue weighted by Gasteiger charge is 2.11. The number of esters is 1. The second-order valence-corrected chi connectivity index (χ2v) is 6.76. The molecule has 0 aliphatic carbocycles. The van der Waals surface area contributed by atoms with Gasteiger partial charge >= 0.3 is 11.6 Å². The second kappa shape index (κ2) is 9.28. The molecule has 0 aliphatic heterocycles. The van der Waals surface area contributed by atoms with Crippen molar-refractivity contribution in [2.45, 2.75) is 33.3 Å². The van der Waals surface area contributed by atoms with Crippen molar-refractivity contribution in [3.63, 3.8) is 0 Å². The van der Waals surface area contributed by atoms with Crippen molar-refractivity contribution in [2.24, 2.45) is 0 Å². The second-order valence-electron chi connectivity index (χ2n) is 6.76. The third-order valence-corrected chi connectivity index (χ3v) is 4.76. The van der Waals surface area contributed by atoms with Gasteiger partial charge in [0.25, 0.3) is 0 Å². The number of carbonyl (C=O) groups excluding carboxylic acids is 1. The van der Waals surface area contributed by atoms with Crippen molar-refractivity contribution >= 4 is 16.9 Å². The molecule has 0 atom stereocenters. The fourth-order valence-corrected chi connectivity index (χ4v) is 2.95. The number of aryl methyl sites for hydroxylation is 2. The molecule has 0 amide bonds. The Labute approximate surface area is 169 Å². The summed E-state index contributed by atoms with van der Waals surface area (Å²) in [7, 11) is 1.61. The van der Waals surface area contributed by atoms with Crippen LogP contribution in [0.25, 0.3) is 11.0 Å². The predicted octanol–water partition coefficient (Wildman–Crippen LogP) is 4.32. The summed E-state index contributed by atoms with van der Waals surface area (Å²) < 4.78 is 21.4. The molecule has 0 bridgehead atoms. The van der Waals surface area contributed by atoms with E-state index in [2.05, 4.69) is 0 Å². The molecule has 1 heterocycles. The molecule has 3 rings (SSSR count). The van der Waals surface area contributed by atoms with E-state index in [9.17, 15) is 9.59 Å². The number of fused-ring (bicyclic) bond motifs is 1. The minimum absolute atomic E-state index is 0.0305. The van der Waals surface area contributed by atoms with Gasteiger partial charge in [0.15, 0.2) is 0 Å². The quantitative estimate of drug-likeness (QED) is 0.321. The van der Waals surface area contributed by atoms with E-state index in [-0.39, 0.29) is 19.0 Å². The van der Waals surface area contributed by atoms with Gasteiger partial charge in [-0.15, -0.1) is 0 Å². The van der Waals surface area contributed by atoms with E-state index in [1.165, 1.54) is 6.07 Å². The summed E-state index contributed by atoms with van der Waals surface area (Å²) in [5, 5.41) is 0.781. The van der Waals surface area contributed by atoms with Crippen molar-refractivity contribution < 1.29 is 23.4 Å². The summed E-state index contributed by atoms with van der Waals surface area (Å²) in [5.41, 5.74) is 2.67. The number of carbonyl (C=O) groups is 1. The highest BCUT2D eigenvalue weighted by Crippen LogP contribution is 2.24. The fourth-order valence-electron chi connectivity index (χ4n) is 2.95. The first-order chi connectivity index (χ1) is 14.0. The highest BCUT2D eigenvalue weighted by atomic mass is 16.5. The van der Waals surface area contributed by atoms with E-state index >= 15 is 0 Å². The van der Waals surface area contributed by atoms with Crippen LogP contribution in [-0.4, -0.2) is 19.7 Å². The van der Waals surface area contributed by atoms with Crippen molar-refractivity contribution in [3.8, 4) is 11.5 Å². The zero-order valence-electron chi connectivity index (χ0n) is 16.8. The maximum Gasteiger partial charge on any atom is 0.336 e. The maximum atomic E-state index is 12.1. The zero-order valence-corrected chi connectivity index (χ0v) is 16.8. The first-order valence-corrected chi connectivity index (χ1v) is 9.43. The summed E-state index contributed by atoms with van der Waals surface area (Å²) in [6, 6.07) is 12.5. The van der Waals surface area contributed by atoms with Crippen LogP contribution in [0.3, 0.4) is 0 Å². The third kappa shape index (κ3) is 5.16. The van der Waals surface area contributed by atoms with E-state index < -0.39 is 5.63 Å². The monoisotopic (exact) mass is 396 g/mol. The lowest BCUT2D eigenvalue weighted by molar-refractivity contribution is -0.145. The fraction of sp³-hybridized carbons (Fsp3) is 0.304. The standard InChI is InChI=1S/C23H24O6/c1-15-6-11-20-17(13-22(25)29-23(20)16(15)2)14-28-21(24)5-4-12-27-19-9-7-18(26-3)8-10-19/h6-11,13H,4-5,12,14H2,1-3H3. The van der Waals surface area contributed by atoms with E-state index in [1.54, 1.807) is 7.11 Å². The van der Waals surface area contributed by atoms with Gasteiger partial charge in [0.1, 0.15) is 23.7 Å². The summed E-state index contributed by atoms with van der Waals surface area (Å²) in [6.45, 7) is 4.29. The van der Waals surface area contributed by atoms with Gasteiger partial charge in [0.05, 0.1) is 13.7 Å². The number of hydrogen-bond acceptors (Lipinski definition) is 6. The smallest absolute Gasteiger partial charge is 0.336 e. The Hall–Kier alpha value is -3.28. The summed E-state index contributed by atoms with van der Waals surface area (Å²) >= 11 is 0. The first kappa shape index (κ1) is 20.5. The molecule has 0 radical (unpaired) electrons. The highest BCUT2D eigenvalue weighted by molar-refractivity contribution is 5.84. The maximum absolute atomic E-state index is 12.1. The van der Waals surface area contributed by atoms with Crippen LogP contribution in [0.2, 0.25) is 0 Å². The van der Waals surface area contributed by atoms with Gasteiger partial charge in [-0.25, -0.2) is 4.79 Å². The predicted molar refractivity (Wildman–Crippen MR) is 109 cm³/mol. The Balaban J connectivity index is 1.51. The summed E-state index contributed by atoms with van der Waals surface area (Å²) in [4.78, 5) is 23.9. The lowest BCUT2D eigenvalue weighted by Crippen LogP contribution is -2.09. The lowest BCUT2D eigenvalue weighted by atomic mass is 10.0. The molecule has 0 saturated heterocycles. The molecule has 0 aliphatic rings. The molecule has 0 unspecified atom stereocenters. The molecule has 2 aromatic carbocycles. The van der Waals surface area contributed by atoms with Crippen LogP contribution in [-0.2, 0) is 16.1 Å². The normalized spacial score (nSPS) is 10.7. The zero-order chi connectivity index (χ0) is 20.8. The van der Waals surface area contributed by atoms with Crippen molar-refractivity contribution in [1.82, 2.24) is 0 Å². The number of benzene rings is 2. The summed E-state index contributed by atoms with van der Waals surface area (Å²) in [5.74, 6) is 1.13. The minimum Gasteiger partial charge on any atom is -0.497 e. The van der Waals surface area contributed by atoms with E-state index in [0.717, 1.165) is 22.3 Å². The molecule has 0 saturated carbocycles. The van der Waals surface area contributed by atoms with Gasteiger partial charge in [-0.05, 0) is 55.7 Å². The molecule has 29 heavy (non-hydrogen) atoms. The summed E-state index contributed by atoms with van der Waals surface area (Å²) in [6.07, 6.45) is 0.758. The minimum atomic E-state index is -0.454. The number of methoxy groups -OCH3 is 1. The largest absolute Gasteiger partial charge is 0.497 e. The van der Waals surface area contributed by atoms with Crippen molar-refractivity contribution in [3.05, 3.63) is 69.6 Å². The average Bonchev–Trinajstić information content (AvgIpc) is 2.73. The van der Waals surface area contributed by atoms with E-state index in [1.807, 2.05) is 50.2 Å². The van der Waals surface area contributed by atoms with Gasteiger partial charge in [-0.3, -0.25) is 4.79 Å². The van der Waals surface area contributed by atoms with E-state index in [0.29, 0.717) is 29.9 Å². The Morgan fingerprint density at radius 2 is 1.76 bits per heavy atom. The van der Waals surface area contributed by atoms with Crippen LogP contribution in [0, 0.1) is 13.8 Å². The number of ether oxygens (including phenoxy) is 3. The van der Waals surface area contributed by atoms with Gasteiger partial charge in [-0.1, -0.05) is 12.1 Å². The van der Waals surface area contributed by atoms with Crippen LogP contribution < -0.4 is 15.1 Å². The Morgan fingerprint density at radius 3 is 2.48 bits per heavy atom. The van der Waals surface area contributed by atoms with Crippen molar-refractivity contribution in [2.75, 3.05) is 13.7 Å². The van der Waals surface area contributed by atoms with Gasteiger partial charge in [0.2, 0.25) is 0 Å². The van der Waals surface area contributed by atoms with Crippen LogP contribution in [0.4, 0.5) is 0 Å². The molecule has 3 aromatic rings. The first-order valence-electron chi connectivity index (χ1n) is 9.43. The molecule has 0 fully saturated rings. The van der Waals surface area contributed by atoms with Crippen LogP contribution >= 0.6 is 0 Å². The van der Waals surface area contributed by atoms with Gasteiger partial charge < -0.3 is 18.6 Å². The Kier molecular flexibility index (Phi) is 6.54. The Morgan fingerprint density at radius 1 is 1.03 bits per heavy atom. The molecule has 152 valence electrons. The third-order valence-electron chi connectivity index (χ3n) is 4.76. The average molecular weight is 396 g/mol. The topological polar surface area (TPSA) is 75.0 Å².